The van der Waals surface area contributed by atoms with Gasteiger partial charge in [0.05, 0.1) is 11.1 Å². The van der Waals surface area contributed by atoms with Gasteiger partial charge >= 0.3 is 0 Å². The van der Waals surface area contributed by atoms with Crippen LogP contribution in [0.5, 0.6) is 5.75 Å². The van der Waals surface area contributed by atoms with E-state index < -0.39 is 0 Å². The van der Waals surface area contributed by atoms with Crippen LogP contribution in [0.2, 0.25) is 5.02 Å². The average Bonchev–Trinajstić information content (AvgIpc) is 2.52. The molecule has 21 heavy (non-hydrogen) atoms. The Morgan fingerprint density at radius 1 is 0.952 bits per heavy atom. The van der Waals surface area contributed by atoms with Gasteiger partial charge in [-0.3, -0.25) is 0 Å². The van der Waals surface area contributed by atoms with Crippen LogP contribution in [-0.2, 0) is 0 Å². The van der Waals surface area contributed by atoms with E-state index in [0.29, 0.717) is 10.8 Å². The Balaban J connectivity index is 1.78. The normalized spacial score (nSPS) is 22.0. The molecule has 2 unspecified atom stereocenters. The number of ether oxygens (including phenoxy) is 1. The first-order valence-corrected chi connectivity index (χ1v) is 7.81. The molecule has 0 bridgehead atoms. The minimum absolute atomic E-state index is 0.140. The van der Waals surface area contributed by atoms with E-state index in [0.717, 1.165) is 36.8 Å². The fourth-order valence-electron chi connectivity index (χ4n) is 2.78. The second kappa shape index (κ2) is 6.50. The van der Waals surface area contributed by atoms with Gasteiger partial charge in [0.2, 0.25) is 0 Å². The predicted molar refractivity (Wildman–Crippen MR) is 85.8 cm³/mol. The Labute approximate surface area is 130 Å². The summed E-state index contributed by atoms with van der Waals surface area (Å²) in [4.78, 5) is 0. The molecule has 0 aromatic heterocycles. The van der Waals surface area contributed by atoms with Crippen LogP contribution >= 0.6 is 11.6 Å². The Hall–Kier alpha value is -1.51. The second-order valence-corrected chi connectivity index (χ2v) is 5.93. The quantitative estimate of drug-likeness (QED) is 0.891. The fraction of sp³-hybridized carbons (Fsp3) is 0.333. The summed E-state index contributed by atoms with van der Waals surface area (Å²) >= 11 is 6.34. The lowest BCUT2D eigenvalue weighted by molar-refractivity contribution is 0.00694. The lowest BCUT2D eigenvalue weighted by Crippen LogP contribution is -2.34. The highest BCUT2D eigenvalue weighted by Gasteiger charge is 2.25. The Kier molecular flexibility index (Phi) is 4.47. The van der Waals surface area contributed by atoms with E-state index in [4.69, 9.17) is 16.3 Å². The van der Waals surface area contributed by atoms with Gasteiger partial charge in [-0.1, -0.05) is 54.4 Å². The van der Waals surface area contributed by atoms with Gasteiger partial charge in [-0.2, -0.15) is 0 Å². The summed E-state index contributed by atoms with van der Waals surface area (Å²) in [5.74, 6) is 0.655. The molecular weight excluding hydrogens is 284 g/mol. The van der Waals surface area contributed by atoms with Gasteiger partial charge in [0.15, 0.2) is 0 Å². The number of aliphatic hydroxyl groups is 1. The minimum Gasteiger partial charge on any atom is -0.486 e. The molecule has 3 heteroatoms. The van der Waals surface area contributed by atoms with E-state index in [1.165, 1.54) is 0 Å². The van der Waals surface area contributed by atoms with E-state index in [2.05, 4.69) is 12.1 Å². The molecule has 1 N–H and O–H groups in total. The maximum atomic E-state index is 9.99. The minimum atomic E-state index is -0.386. The van der Waals surface area contributed by atoms with Crippen molar-refractivity contribution in [2.75, 3.05) is 0 Å². The maximum Gasteiger partial charge on any atom is 0.138 e. The summed E-state index contributed by atoms with van der Waals surface area (Å²) in [6.45, 7) is 0. The first kappa shape index (κ1) is 14.4. The standard InChI is InChI=1S/C18H19ClO2/c19-15-12-14(13-6-2-1-3-7-13)10-11-17(15)21-18-9-5-4-8-16(18)20/h1-3,6-7,10-12,16,18,20H,4-5,8-9H2. The lowest BCUT2D eigenvalue weighted by Gasteiger charge is -2.28. The van der Waals surface area contributed by atoms with Crippen molar-refractivity contribution in [1.82, 2.24) is 0 Å². The molecule has 0 spiro atoms. The van der Waals surface area contributed by atoms with Crippen LogP contribution in [0.4, 0.5) is 0 Å². The van der Waals surface area contributed by atoms with Crippen molar-refractivity contribution in [3.05, 3.63) is 53.6 Å². The summed E-state index contributed by atoms with van der Waals surface area (Å²) in [5.41, 5.74) is 2.20. The van der Waals surface area contributed by atoms with E-state index in [1.807, 2.05) is 36.4 Å². The highest BCUT2D eigenvalue weighted by molar-refractivity contribution is 6.32. The molecule has 0 saturated heterocycles. The third-order valence-corrected chi connectivity index (χ3v) is 4.28. The highest BCUT2D eigenvalue weighted by Crippen LogP contribution is 2.33. The van der Waals surface area contributed by atoms with Crippen molar-refractivity contribution >= 4 is 11.6 Å². The van der Waals surface area contributed by atoms with Crippen LogP contribution in [0.3, 0.4) is 0 Å². The molecule has 0 aliphatic heterocycles. The van der Waals surface area contributed by atoms with Crippen molar-refractivity contribution in [2.24, 2.45) is 0 Å². The molecule has 2 atom stereocenters. The number of hydrogen-bond donors (Lipinski definition) is 1. The largest absolute Gasteiger partial charge is 0.486 e. The van der Waals surface area contributed by atoms with Gasteiger partial charge in [0.1, 0.15) is 11.9 Å². The Morgan fingerprint density at radius 2 is 1.71 bits per heavy atom. The van der Waals surface area contributed by atoms with Crippen molar-refractivity contribution < 1.29 is 9.84 Å². The smallest absolute Gasteiger partial charge is 0.138 e. The summed E-state index contributed by atoms with van der Waals surface area (Å²) in [7, 11) is 0. The third-order valence-electron chi connectivity index (χ3n) is 3.99. The van der Waals surface area contributed by atoms with Crippen LogP contribution < -0.4 is 4.74 Å². The van der Waals surface area contributed by atoms with Crippen molar-refractivity contribution in [1.29, 1.82) is 0 Å². The molecule has 0 amide bonds. The van der Waals surface area contributed by atoms with Crippen molar-refractivity contribution in [3.63, 3.8) is 0 Å². The van der Waals surface area contributed by atoms with Crippen LogP contribution in [0.15, 0.2) is 48.5 Å². The number of halogens is 1. The van der Waals surface area contributed by atoms with Crippen LogP contribution in [0.1, 0.15) is 25.7 Å². The second-order valence-electron chi connectivity index (χ2n) is 5.52. The zero-order chi connectivity index (χ0) is 14.7. The SMILES string of the molecule is OC1CCCCC1Oc1ccc(-c2ccccc2)cc1Cl. The lowest BCUT2D eigenvalue weighted by atomic mass is 9.95. The molecule has 0 radical (unpaired) electrons. The van der Waals surface area contributed by atoms with Gasteiger partial charge in [-0.05, 0) is 42.5 Å². The zero-order valence-corrected chi connectivity index (χ0v) is 12.6. The summed E-state index contributed by atoms with van der Waals surface area (Å²) in [6, 6.07) is 15.9. The summed E-state index contributed by atoms with van der Waals surface area (Å²) in [5, 5.41) is 10.6. The molecule has 2 nitrogen and oxygen atoms in total. The fourth-order valence-corrected chi connectivity index (χ4v) is 3.01. The average molecular weight is 303 g/mol. The number of hydrogen-bond acceptors (Lipinski definition) is 2. The summed E-state index contributed by atoms with van der Waals surface area (Å²) in [6.07, 6.45) is 3.34. The molecule has 110 valence electrons. The Morgan fingerprint density at radius 3 is 2.43 bits per heavy atom. The maximum absolute atomic E-state index is 9.99. The molecule has 3 rings (SSSR count). The Bertz CT molecular complexity index is 597. The molecule has 1 saturated carbocycles. The van der Waals surface area contributed by atoms with Crippen LogP contribution in [0, 0.1) is 0 Å². The molecule has 2 aromatic rings. The van der Waals surface area contributed by atoms with E-state index in [9.17, 15) is 5.11 Å². The van der Waals surface area contributed by atoms with Crippen molar-refractivity contribution in [3.8, 4) is 16.9 Å². The monoisotopic (exact) mass is 302 g/mol. The highest BCUT2D eigenvalue weighted by atomic mass is 35.5. The number of benzene rings is 2. The van der Waals surface area contributed by atoms with Gasteiger partial charge < -0.3 is 9.84 Å². The predicted octanol–water partition coefficient (Wildman–Crippen LogP) is 4.69. The summed E-state index contributed by atoms with van der Waals surface area (Å²) < 4.78 is 5.91. The number of rotatable bonds is 3. The molecule has 1 aliphatic carbocycles. The van der Waals surface area contributed by atoms with Gasteiger partial charge in [0, 0.05) is 0 Å². The van der Waals surface area contributed by atoms with Gasteiger partial charge in [0.25, 0.3) is 0 Å². The van der Waals surface area contributed by atoms with Crippen LogP contribution in [-0.4, -0.2) is 17.3 Å². The molecule has 0 heterocycles. The molecule has 1 aliphatic rings. The molecule has 1 fully saturated rings. The topological polar surface area (TPSA) is 29.5 Å². The number of aliphatic hydroxyl groups excluding tert-OH is 1. The molecule has 2 aromatic carbocycles. The third kappa shape index (κ3) is 3.39. The van der Waals surface area contributed by atoms with Crippen molar-refractivity contribution in [2.45, 2.75) is 37.9 Å². The first-order chi connectivity index (χ1) is 10.2. The van der Waals surface area contributed by atoms with Crippen LogP contribution in [0.25, 0.3) is 11.1 Å². The van der Waals surface area contributed by atoms with E-state index in [-0.39, 0.29) is 12.2 Å². The zero-order valence-electron chi connectivity index (χ0n) is 11.8. The van der Waals surface area contributed by atoms with E-state index in [1.54, 1.807) is 0 Å². The van der Waals surface area contributed by atoms with Gasteiger partial charge in [-0.25, -0.2) is 0 Å². The van der Waals surface area contributed by atoms with E-state index >= 15 is 0 Å². The molecular formula is C18H19ClO2. The first-order valence-electron chi connectivity index (χ1n) is 7.44. The van der Waals surface area contributed by atoms with Gasteiger partial charge in [-0.15, -0.1) is 0 Å².